The molecule has 1 atom stereocenters. The van der Waals surface area contributed by atoms with E-state index in [1.807, 2.05) is 0 Å². The Kier molecular flexibility index (Phi) is 9.72. The van der Waals surface area contributed by atoms with E-state index in [2.05, 4.69) is 36.3 Å². The third-order valence-corrected chi connectivity index (χ3v) is 5.93. The highest BCUT2D eigenvalue weighted by molar-refractivity contribution is 5.80. The molecule has 1 unspecified atom stereocenters. The zero-order valence-corrected chi connectivity index (χ0v) is 17.0. The number of hydrogen-bond donors (Lipinski definition) is 3. The Morgan fingerprint density at radius 3 is 2.35 bits per heavy atom. The standard InChI is InChI=1S/C20H40N4O2/c1-4-16(5-2)19(24-11-13-26-14-12-24)15-22-20(21-6-3)23-17-7-9-18(25)10-8-17/h16-19,25H,4-15H2,1-3H3,(H2,21,22,23). The average Bonchev–Trinajstić information content (AvgIpc) is 2.67. The van der Waals surface area contributed by atoms with E-state index in [1.165, 1.54) is 12.8 Å². The third-order valence-electron chi connectivity index (χ3n) is 5.93. The summed E-state index contributed by atoms with van der Waals surface area (Å²) in [7, 11) is 0. The molecule has 3 N–H and O–H groups in total. The lowest BCUT2D eigenvalue weighted by Gasteiger charge is -2.38. The van der Waals surface area contributed by atoms with Crippen molar-refractivity contribution in [2.75, 3.05) is 39.4 Å². The van der Waals surface area contributed by atoms with Crippen molar-refractivity contribution in [3.8, 4) is 0 Å². The fraction of sp³-hybridized carbons (Fsp3) is 0.950. The minimum atomic E-state index is -0.117. The highest BCUT2D eigenvalue weighted by Crippen LogP contribution is 2.21. The minimum Gasteiger partial charge on any atom is -0.393 e. The van der Waals surface area contributed by atoms with Crippen molar-refractivity contribution in [2.24, 2.45) is 10.9 Å². The highest BCUT2D eigenvalue weighted by Gasteiger charge is 2.27. The molecule has 1 saturated heterocycles. The van der Waals surface area contributed by atoms with Crippen LogP contribution < -0.4 is 10.6 Å². The first kappa shape index (κ1) is 21.5. The Hall–Kier alpha value is -0.850. The Bertz CT molecular complexity index is 401. The summed E-state index contributed by atoms with van der Waals surface area (Å²) >= 11 is 0. The number of aliphatic hydroxyl groups excluding tert-OH is 1. The van der Waals surface area contributed by atoms with Gasteiger partial charge in [-0.3, -0.25) is 9.89 Å². The molecule has 2 aliphatic rings. The molecular weight excluding hydrogens is 328 g/mol. The Balaban J connectivity index is 1.99. The Morgan fingerprint density at radius 1 is 1.12 bits per heavy atom. The monoisotopic (exact) mass is 368 g/mol. The number of nitrogens with one attached hydrogen (secondary N) is 2. The van der Waals surface area contributed by atoms with Crippen molar-refractivity contribution in [3.63, 3.8) is 0 Å². The molecule has 0 aromatic heterocycles. The molecule has 1 heterocycles. The maximum atomic E-state index is 9.71. The molecule has 152 valence electrons. The van der Waals surface area contributed by atoms with Crippen molar-refractivity contribution in [2.45, 2.75) is 77.5 Å². The van der Waals surface area contributed by atoms with Crippen LogP contribution in [0.15, 0.2) is 4.99 Å². The maximum absolute atomic E-state index is 9.71. The zero-order chi connectivity index (χ0) is 18.8. The predicted molar refractivity (Wildman–Crippen MR) is 108 cm³/mol. The van der Waals surface area contributed by atoms with Crippen LogP contribution >= 0.6 is 0 Å². The third kappa shape index (κ3) is 6.71. The van der Waals surface area contributed by atoms with Gasteiger partial charge < -0.3 is 20.5 Å². The van der Waals surface area contributed by atoms with Crippen LogP contribution in [0.1, 0.15) is 59.3 Å². The van der Waals surface area contributed by atoms with Gasteiger partial charge in [-0.15, -0.1) is 0 Å². The largest absolute Gasteiger partial charge is 0.393 e. The molecule has 1 saturated carbocycles. The second kappa shape index (κ2) is 11.8. The van der Waals surface area contributed by atoms with Gasteiger partial charge >= 0.3 is 0 Å². The van der Waals surface area contributed by atoms with E-state index in [9.17, 15) is 5.11 Å². The molecule has 0 aromatic rings. The molecule has 0 radical (unpaired) electrons. The second-order valence-electron chi connectivity index (χ2n) is 7.66. The van der Waals surface area contributed by atoms with Gasteiger partial charge in [-0.25, -0.2) is 0 Å². The predicted octanol–water partition coefficient (Wildman–Crippen LogP) is 1.98. The molecule has 0 bridgehead atoms. The van der Waals surface area contributed by atoms with E-state index >= 15 is 0 Å². The SMILES string of the molecule is CCNC(=NCC(C(CC)CC)N1CCOCC1)NC1CCC(O)CC1. The summed E-state index contributed by atoms with van der Waals surface area (Å²) in [6, 6.07) is 0.906. The molecule has 2 rings (SSSR count). The molecular formula is C20H40N4O2. The minimum absolute atomic E-state index is 0.117. The van der Waals surface area contributed by atoms with Gasteiger partial charge in [0.1, 0.15) is 0 Å². The summed E-state index contributed by atoms with van der Waals surface area (Å²) in [6.45, 7) is 12.1. The quantitative estimate of drug-likeness (QED) is 0.451. The summed E-state index contributed by atoms with van der Waals surface area (Å²) in [5.41, 5.74) is 0. The van der Waals surface area contributed by atoms with Crippen molar-refractivity contribution < 1.29 is 9.84 Å². The first-order valence-corrected chi connectivity index (χ1v) is 10.7. The smallest absolute Gasteiger partial charge is 0.191 e. The molecule has 6 nitrogen and oxygen atoms in total. The lowest BCUT2D eigenvalue weighted by Crippen LogP contribution is -2.50. The summed E-state index contributed by atoms with van der Waals surface area (Å²) in [5, 5.41) is 16.7. The highest BCUT2D eigenvalue weighted by atomic mass is 16.5. The van der Waals surface area contributed by atoms with Crippen LogP contribution in [0.2, 0.25) is 0 Å². The number of rotatable bonds is 8. The van der Waals surface area contributed by atoms with E-state index in [0.717, 1.165) is 71.0 Å². The number of ether oxygens (including phenoxy) is 1. The number of nitrogens with zero attached hydrogens (tertiary/aromatic N) is 2. The van der Waals surface area contributed by atoms with E-state index in [0.29, 0.717) is 18.0 Å². The molecule has 1 aliphatic heterocycles. The van der Waals surface area contributed by atoms with Gasteiger partial charge in [-0.2, -0.15) is 0 Å². The molecule has 0 amide bonds. The Labute approximate surface area is 159 Å². The normalized spacial score (nSPS) is 26.7. The van der Waals surface area contributed by atoms with Gasteiger partial charge in [-0.1, -0.05) is 26.7 Å². The maximum Gasteiger partial charge on any atom is 0.191 e. The lowest BCUT2D eigenvalue weighted by molar-refractivity contribution is 0.00394. The van der Waals surface area contributed by atoms with Crippen LogP contribution in [0.3, 0.4) is 0 Å². The lowest BCUT2D eigenvalue weighted by atomic mass is 9.92. The molecule has 26 heavy (non-hydrogen) atoms. The van der Waals surface area contributed by atoms with Crippen LogP contribution in [-0.2, 0) is 4.74 Å². The van der Waals surface area contributed by atoms with Gasteiger partial charge in [0.25, 0.3) is 0 Å². The molecule has 6 heteroatoms. The van der Waals surface area contributed by atoms with Crippen molar-refractivity contribution >= 4 is 5.96 Å². The number of guanidine groups is 1. The van der Waals surface area contributed by atoms with Crippen LogP contribution in [0.4, 0.5) is 0 Å². The zero-order valence-electron chi connectivity index (χ0n) is 17.0. The van der Waals surface area contributed by atoms with E-state index in [4.69, 9.17) is 9.73 Å². The van der Waals surface area contributed by atoms with Crippen molar-refractivity contribution in [3.05, 3.63) is 0 Å². The Morgan fingerprint density at radius 2 is 1.77 bits per heavy atom. The van der Waals surface area contributed by atoms with Crippen molar-refractivity contribution in [1.29, 1.82) is 0 Å². The van der Waals surface area contributed by atoms with E-state index in [1.54, 1.807) is 0 Å². The van der Waals surface area contributed by atoms with Crippen molar-refractivity contribution in [1.82, 2.24) is 15.5 Å². The summed E-state index contributed by atoms with van der Waals surface area (Å²) in [6.07, 6.45) is 6.09. The molecule has 2 fully saturated rings. The summed E-state index contributed by atoms with van der Waals surface area (Å²) in [5.74, 6) is 1.60. The number of aliphatic imine (C=N–C) groups is 1. The molecule has 1 aliphatic carbocycles. The van der Waals surface area contributed by atoms with Gasteiger partial charge in [0, 0.05) is 31.7 Å². The van der Waals surface area contributed by atoms with Gasteiger partial charge in [-0.05, 0) is 38.5 Å². The fourth-order valence-corrected chi connectivity index (χ4v) is 4.22. The van der Waals surface area contributed by atoms with Gasteiger partial charge in [0.15, 0.2) is 5.96 Å². The fourth-order valence-electron chi connectivity index (χ4n) is 4.22. The number of morpholine rings is 1. The number of hydrogen-bond acceptors (Lipinski definition) is 4. The van der Waals surface area contributed by atoms with Crippen LogP contribution in [0.25, 0.3) is 0 Å². The molecule has 0 spiro atoms. The first-order valence-electron chi connectivity index (χ1n) is 10.7. The first-order chi connectivity index (χ1) is 12.7. The van der Waals surface area contributed by atoms with Gasteiger partial charge in [0.05, 0.1) is 25.9 Å². The topological polar surface area (TPSA) is 69.1 Å². The van der Waals surface area contributed by atoms with Crippen LogP contribution in [-0.4, -0.2) is 73.5 Å². The van der Waals surface area contributed by atoms with E-state index in [-0.39, 0.29) is 6.10 Å². The van der Waals surface area contributed by atoms with Gasteiger partial charge in [0.2, 0.25) is 0 Å². The average molecular weight is 369 g/mol. The van der Waals surface area contributed by atoms with E-state index < -0.39 is 0 Å². The summed E-state index contributed by atoms with van der Waals surface area (Å²) < 4.78 is 5.55. The van der Waals surface area contributed by atoms with Crippen LogP contribution in [0.5, 0.6) is 0 Å². The van der Waals surface area contributed by atoms with Crippen LogP contribution in [0, 0.1) is 5.92 Å². The summed E-state index contributed by atoms with van der Waals surface area (Å²) in [4.78, 5) is 7.54. The molecule has 0 aromatic carbocycles. The second-order valence-corrected chi connectivity index (χ2v) is 7.66. The number of aliphatic hydroxyl groups is 1.